The average molecular weight is 189 g/mol. The Bertz CT molecular complexity index is 306. The maximum atomic E-state index is 7.36. The first-order chi connectivity index (χ1) is 6.74. The molecule has 3 heteroatoms. The molecule has 0 radical (unpaired) electrons. The quantitative estimate of drug-likeness (QED) is 0.429. The van der Waals surface area contributed by atoms with Gasteiger partial charge < -0.3 is 10.6 Å². The van der Waals surface area contributed by atoms with E-state index < -0.39 is 0 Å². The largest absolute Gasteiger partial charge is 0.370 e. The summed E-state index contributed by atoms with van der Waals surface area (Å²) in [6, 6.07) is 9.94. The van der Waals surface area contributed by atoms with Gasteiger partial charge in [-0.3, -0.25) is 5.41 Å². The van der Waals surface area contributed by atoms with Crippen LogP contribution in [0.15, 0.2) is 43.0 Å². The van der Waals surface area contributed by atoms with Crippen molar-refractivity contribution in [2.45, 2.75) is 6.54 Å². The van der Waals surface area contributed by atoms with Gasteiger partial charge in [-0.2, -0.15) is 0 Å². The Morgan fingerprint density at radius 2 is 2.07 bits per heavy atom. The van der Waals surface area contributed by atoms with Gasteiger partial charge in [0.25, 0.3) is 0 Å². The maximum Gasteiger partial charge on any atom is 0.188 e. The second-order valence-electron chi connectivity index (χ2n) is 3.04. The van der Waals surface area contributed by atoms with Gasteiger partial charge >= 0.3 is 0 Å². The van der Waals surface area contributed by atoms with Gasteiger partial charge in [-0.1, -0.05) is 36.4 Å². The molecule has 74 valence electrons. The molecule has 0 heterocycles. The van der Waals surface area contributed by atoms with Crippen molar-refractivity contribution in [3.63, 3.8) is 0 Å². The molecule has 0 spiro atoms. The van der Waals surface area contributed by atoms with Crippen molar-refractivity contribution in [2.24, 2.45) is 5.73 Å². The Kier molecular flexibility index (Phi) is 3.73. The molecule has 0 unspecified atom stereocenters. The molecule has 14 heavy (non-hydrogen) atoms. The molecule has 0 aliphatic rings. The van der Waals surface area contributed by atoms with Gasteiger partial charge in [-0.15, -0.1) is 6.58 Å². The zero-order valence-corrected chi connectivity index (χ0v) is 8.11. The van der Waals surface area contributed by atoms with Crippen LogP contribution in [0.1, 0.15) is 5.56 Å². The lowest BCUT2D eigenvalue weighted by molar-refractivity contribution is 0.448. The number of hydrogen-bond donors (Lipinski definition) is 2. The van der Waals surface area contributed by atoms with Crippen molar-refractivity contribution in [2.75, 3.05) is 6.54 Å². The monoisotopic (exact) mass is 189 g/mol. The lowest BCUT2D eigenvalue weighted by atomic mass is 10.2. The van der Waals surface area contributed by atoms with E-state index >= 15 is 0 Å². The Hall–Kier alpha value is -1.77. The molecule has 3 nitrogen and oxygen atoms in total. The molecule has 0 aliphatic carbocycles. The molecule has 1 aromatic rings. The predicted molar refractivity (Wildman–Crippen MR) is 59.0 cm³/mol. The zero-order valence-electron chi connectivity index (χ0n) is 8.11. The fraction of sp³-hybridized carbons (Fsp3) is 0.182. The van der Waals surface area contributed by atoms with Crippen LogP contribution in [-0.4, -0.2) is 17.4 Å². The molecule has 3 N–H and O–H groups in total. The Balaban J connectivity index is 2.64. The van der Waals surface area contributed by atoms with Crippen LogP contribution in [0, 0.1) is 5.41 Å². The molecular weight excluding hydrogens is 174 g/mol. The molecule has 0 bridgehead atoms. The van der Waals surface area contributed by atoms with Crippen LogP contribution in [0.4, 0.5) is 0 Å². The number of nitrogens with two attached hydrogens (primary N) is 1. The number of nitrogens with one attached hydrogen (secondary N) is 1. The predicted octanol–water partition coefficient (Wildman–Crippen LogP) is 1.57. The molecular formula is C11H15N3. The summed E-state index contributed by atoms with van der Waals surface area (Å²) in [7, 11) is 0. The van der Waals surface area contributed by atoms with E-state index in [4.69, 9.17) is 11.1 Å². The van der Waals surface area contributed by atoms with Crippen LogP contribution in [-0.2, 0) is 6.54 Å². The lowest BCUT2D eigenvalue weighted by Gasteiger charge is -2.20. The zero-order chi connectivity index (χ0) is 10.4. The smallest absolute Gasteiger partial charge is 0.188 e. The second kappa shape index (κ2) is 5.07. The van der Waals surface area contributed by atoms with Gasteiger partial charge in [0.2, 0.25) is 0 Å². The van der Waals surface area contributed by atoms with E-state index in [2.05, 4.69) is 6.58 Å². The van der Waals surface area contributed by atoms with E-state index in [0.29, 0.717) is 13.1 Å². The number of nitrogens with zero attached hydrogens (tertiary/aromatic N) is 1. The molecule has 0 saturated carbocycles. The minimum absolute atomic E-state index is 0.0775. The summed E-state index contributed by atoms with van der Waals surface area (Å²) in [5.74, 6) is 0.0775. The maximum absolute atomic E-state index is 7.36. The average Bonchev–Trinajstić information content (AvgIpc) is 2.18. The first kappa shape index (κ1) is 10.3. The molecule has 0 aromatic heterocycles. The highest BCUT2D eigenvalue weighted by molar-refractivity contribution is 5.74. The first-order valence-electron chi connectivity index (χ1n) is 4.48. The van der Waals surface area contributed by atoms with Crippen LogP contribution in [0.5, 0.6) is 0 Å². The Morgan fingerprint density at radius 3 is 2.57 bits per heavy atom. The number of guanidine groups is 1. The van der Waals surface area contributed by atoms with Crippen LogP contribution >= 0.6 is 0 Å². The van der Waals surface area contributed by atoms with E-state index in [-0.39, 0.29) is 5.96 Å². The highest BCUT2D eigenvalue weighted by atomic mass is 15.2. The minimum atomic E-state index is 0.0775. The van der Waals surface area contributed by atoms with Crippen molar-refractivity contribution < 1.29 is 0 Å². The van der Waals surface area contributed by atoms with Crippen LogP contribution in [0.25, 0.3) is 0 Å². The van der Waals surface area contributed by atoms with E-state index in [0.717, 1.165) is 5.56 Å². The summed E-state index contributed by atoms with van der Waals surface area (Å²) in [6.07, 6.45) is 1.74. The highest BCUT2D eigenvalue weighted by Crippen LogP contribution is 2.03. The molecule has 0 amide bonds. The number of rotatable bonds is 4. The van der Waals surface area contributed by atoms with E-state index in [1.165, 1.54) is 0 Å². The van der Waals surface area contributed by atoms with Crippen LogP contribution in [0.2, 0.25) is 0 Å². The molecule has 0 aliphatic heterocycles. The highest BCUT2D eigenvalue weighted by Gasteiger charge is 2.04. The SMILES string of the molecule is C=CCN(Cc1ccccc1)C(=N)N. The van der Waals surface area contributed by atoms with Gasteiger partial charge in [0.1, 0.15) is 0 Å². The fourth-order valence-corrected chi connectivity index (χ4v) is 1.21. The van der Waals surface area contributed by atoms with Crippen molar-refractivity contribution in [1.82, 2.24) is 4.90 Å². The topological polar surface area (TPSA) is 53.1 Å². The molecule has 0 fully saturated rings. The summed E-state index contributed by atoms with van der Waals surface area (Å²) >= 11 is 0. The van der Waals surface area contributed by atoms with Crippen LogP contribution in [0.3, 0.4) is 0 Å². The van der Waals surface area contributed by atoms with E-state index in [9.17, 15) is 0 Å². The van der Waals surface area contributed by atoms with Gasteiger partial charge in [-0.05, 0) is 5.56 Å². The Labute approximate surface area is 84.4 Å². The lowest BCUT2D eigenvalue weighted by Crippen LogP contribution is -2.35. The van der Waals surface area contributed by atoms with E-state index in [1.807, 2.05) is 30.3 Å². The summed E-state index contributed by atoms with van der Waals surface area (Å²) in [4.78, 5) is 1.75. The molecule has 1 aromatic carbocycles. The standard InChI is InChI=1S/C11H15N3/c1-2-8-14(11(12)13)9-10-6-4-3-5-7-10/h2-7H,1,8-9H2,(H3,12,13). The molecule has 0 atom stereocenters. The summed E-state index contributed by atoms with van der Waals surface area (Å²) in [6.45, 7) is 4.89. The summed E-state index contributed by atoms with van der Waals surface area (Å²) < 4.78 is 0. The first-order valence-corrected chi connectivity index (χ1v) is 4.48. The fourth-order valence-electron chi connectivity index (χ4n) is 1.21. The third-order valence-corrected chi connectivity index (χ3v) is 1.91. The molecule has 1 rings (SSSR count). The number of benzene rings is 1. The minimum Gasteiger partial charge on any atom is -0.370 e. The van der Waals surface area contributed by atoms with Crippen molar-refractivity contribution in [3.05, 3.63) is 48.6 Å². The third-order valence-electron chi connectivity index (χ3n) is 1.91. The van der Waals surface area contributed by atoms with Crippen molar-refractivity contribution in [3.8, 4) is 0 Å². The normalized spacial score (nSPS) is 9.43. The van der Waals surface area contributed by atoms with E-state index in [1.54, 1.807) is 11.0 Å². The summed E-state index contributed by atoms with van der Waals surface area (Å²) in [5.41, 5.74) is 6.58. The van der Waals surface area contributed by atoms with Crippen molar-refractivity contribution in [1.29, 1.82) is 5.41 Å². The second-order valence-corrected chi connectivity index (χ2v) is 3.04. The Morgan fingerprint density at radius 1 is 1.43 bits per heavy atom. The van der Waals surface area contributed by atoms with Crippen LogP contribution < -0.4 is 5.73 Å². The van der Waals surface area contributed by atoms with Gasteiger partial charge in [0.15, 0.2) is 5.96 Å². The number of hydrogen-bond acceptors (Lipinski definition) is 1. The molecule has 0 saturated heterocycles. The summed E-state index contributed by atoms with van der Waals surface area (Å²) in [5, 5.41) is 7.36. The van der Waals surface area contributed by atoms with Gasteiger partial charge in [-0.25, -0.2) is 0 Å². The van der Waals surface area contributed by atoms with Gasteiger partial charge in [0, 0.05) is 13.1 Å². The third kappa shape index (κ3) is 2.94. The van der Waals surface area contributed by atoms with Crippen molar-refractivity contribution >= 4 is 5.96 Å². The van der Waals surface area contributed by atoms with Gasteiger partial charge in [0.05, 0.1) is 0 Å².